The highest BCUT2D eigenvalue weighted by Gasteiger charge is 2.31. The summed E-state index contributed by atoms with van der Waals surface area (Å²) in [4.78, 5) is 24.5. The lowest BCUT2D eigenvalue weighted by Crippen LogP contribution is -2.42. The fraction of sp³-hybridized carbons (Fsp3) is 0.542. The van der Waals surface area contributed by atoms with Crippen molar-refractivity contribution in [3.05, 3.63) is 30.1 Å². The van der Waals surface area contributed by atoms with Gasteiger partial charge >= 0.3 is 0 Å². The molecule has 33 heavy (non-hydrogen) atoms. The van der Waals surface area contributed by atoms with Crippen LogP contribution in [0.4, 0.5) is 5.82 Å². The predicted octanol–water partition coefficient (Wildman–Crippen LogP) is 3.14. The summed E-state index contributed by atoms with van der Waals surface area (Å²) in [6.45, 7) is 10.3. The molecule has 9 heteroatoms. The first-order valence-corrected chi connectivity index (χ1v) is 11.1. The Morgan fingerprint density at radius 3 is 2.52 bits per heavy atom. The third-order valence-electron chi connectivity index (χ3n) is 5.11. The van der Waals surface area contributed by atoms with Crippen molar-refractivity contribution in [2.45, 2.75) is 59.0 Å². The topological polar surface area (TPSA) is 102 Å². The van der Waals surface area contributed by atoms with Crippen LogP contribution in [0, 0.1) is 0 Å². The van der Waals surface area contributed by atoms with Crippen LogP contribution in [0.25, 0.3) is 21.9 Å². The third kappa shape index (κ3) is 5.86. The van der Waals surface area contributed by atoms with E-state index in [2.05, 4.69) is 5.32 Å². The van der Waals surface area contributed by atoms with Crippen molar-refractivity contribution in [1.29, 1.82) is 0 Å². The average Bonchev–Trinajstić information content (AvgIpc) is 3.08. The first-order chi connectivity index (χ1) is 15.4. The number of rotatable bonds is 10. The van der Waals surface area contributed by atoms with Crippen LogP contribution in [0.5, 0.6) is 0 Å². The van der Waals surface area contributed by atoms with Gasteiger partial charge in [0.25, 0.3) is 5.91 Å². The van der Waals surface area contributed by atoms with Gasteiger partial charge in [-0.25, -0.2) is 9.97 Å². The average molecular weight is 458 g/mol. The van der Waals surface area contributed by atoms with Crippen molar-refractivity contribution in [3.63, 3.8) is 0 Å². The molecule has 2 heterocycles. The van der Waals surface area contributed by atoms with Gasteiger partial charge < -0.3 is 24.5 Å². The molecule has 0 aliphatic carbocycles. The maximum absolute atomic E-state index is 13.1. The number of benzene rings is 1. The molecule has 0 saturated heterocycles. The van der Waals surface area contributed by atoms with Crippen LogP contribution in [0.2, 0.25) is 0 Å². The number of hydrogen-bond acceptors (Lipinski definition) is 7. The minimum Gasteiger partial charge on any atom is -0.389 e. The molecule has 0 fully saturated rings. The number of aliphatic hydroxyl groups is 1. The van der Waals surface area contributed by atoms with Crippen molar-refractivity contribution in [2.24, 2.45) is 0 Å². The van der Waals surface area contributed by atoms with E-state index < -0.39 is 11.2 Å². The Morgan fingerprint density at radius 1 is 1.18 bits per heavy atom. The molecule has 1 aromatic carbocycles. The highest BCUT2D eigenvalue weighted by atomic mass is 16.5. The van der Waals surface area contributed by atoms with Gasteiger partial charge in [0.15, 0.2) is 5.82 Å². The molecule has 0 bridgehead atoms. The molecule has 1 amide bonds. The Morgan fingerprint density at radius 2 is 1.88 bits per heavy atom. The number of carbonyl (C=O) groups excluding carboxylic acids is 1. The minimum absolute atomic E-state index is 0.278. The number of nitrogens with one attached hydrogen (secondary N) is 1. The number of ether oxygens (including phenoxy) is 2. The zero-order valence-electron chi connectivity index (χ0n) is 20.6. The fourth-order valence-electron chi connectivity index (χ4n) is 3.44. The molecule has 0 radical (unpaired) electrons. The number of imidazole rings is 1. The summed E-state index contributed by atoms with van der Waals surface area (Å²) in [7, 11) is 3.75. The van der Waals surface area contributed by atoms with E-state index in [1.165, 1.54) is 0 Å². The Hall–Kier alpha value is -2.59. The van der Waals surface area contributed by atoms with E-state index in [1.54, 1.807) is 27.7 Å². The summed E-state index contributed by atoms with van der Waals surface area (Å²) in [6, 6.07) is 7.69. The molecule has 0 aliphatic heterocycles. The van der Waals surface area contributed by atoms with E-state index in [-0.39, 0.29) is 12.5 Å². The summed E-state index contributed by atoms with van der Waals surface area (Å²) >= 11 is 0. The lowest BCUT2D eigenvalue weighted by atomic mass is 10.1. The first-order valence-electron chi connectivity index (χ1n) is 11.1. The van der Waals surface area contributed by atoms with Crippen LogP contribution in [0.1, 0.15) is 40.4 Å². The van der Waals surface area contributed by atoms with Crippen LogP contribution < -0.4 is 5.32 Å². The molecular weight excluding hydrogens is 422 g/mol. The summed E-state index contributed by atoms with van der Waals surface area (Å²) in [5, 5.41) is 14.4. The SMILES string of the molecule is CCOCc1nc2c(NC(=O)C(C)(C)OCN(C)C)nc3ccccc3c2n1CC(C)(C)O. The molecule has 3 rings (SSSR count). The van der Waals surface area contributed by atoms with E-state index in [4.69, 9.17) is 19.4 Å². The molecule has 0 atom stereocenters. The van der Waals surface area contributed by atoms with Crippen molar-refractivity contribution in [1.82, 2.24) is 19.4 Å². The van der Waals surface area contributed by atoms with Gasteiger partial charge in [-0.2, -0.15) is 0 Å². The van der Waals surface area contributed by atoms with Gasteiger partial charge in [-0.3, -0.25) is 9.69 Å². The molecule has 0 unspecified atom stereocenters. The zero-order chi connectivity index (χ0) is 24.4. The second-order valence-electron chi connectivity index (χ2n) is 9.56. The van der Waals surface area contributed by atoms with E-state index in [0.717, 1.165) is 10.9 Å². The van der Waals surface area contributed by atoms with Crippen LogP contribution in [-0.2, 0) is 27.4 Å². The van der Waals surface area contributed by atoms with Gasteiger partial charge in [0.05, 0.1) is 29.9 Å². The number of nitrogens with zero attached hydrogens (tertiary/aromatic N) is 4. The monoisotopic (exact) mass is 457 g/mol. The molecular formula is C24H35N5O4. The smallest absolute Gasteiger partial charge is 0.257 e. The first kappa shape index (κ1) is 25.0. The van der Waals surface area contributed by atoms with Gasteiger partial charge in [-0.1, -0.05) is 18.2 Å². The van der Waals surface area contributed by atoms with Gasteiger partial charge in [-0.15, -0.1) is 0 Å². The Kier molecular flexibility index (Phi) is 7.38. The molecule has 0 saturated carbocycles. The number of amides is 1. The highest BCUT2D eigenvalue weighted by molar-refractivity contribution is 6.10. The van der Waals surface area contributed by atoms with Gasteiger partial charge in [0.1, 0.15) is 23.5 Å². The summed E-state index contributed by atoms with van der Waals surface area (Å²) in [5.41, 5.74) is -0.00527. The number of para-hydroxylation sites is 1. The number of pyridine rings is 1. The molecule has 3 aromatic rings. The number of aromatic nitrogens is 3. The quantitative estimate of drug-likeness (QED) is 0.451. The van der Waals surface area contributed by atoms with Crippen molar-refractivity contribution < 1.29 is 19.4 Å². The number of anilines is 1. The lowest BCUT2D eigenvalue weighted by Gasteiger charge is -2.26. The molecule has 9 nitrogen and oxygen atoms in total. The lowest BCUT2D eigenvalue weighted by molar-refractivity contribution is -0.141. The van der Waals surface area contributed by atoms with Gasteiger partial charge in [0, 0.05) is 12.0 Å². The van der Waals surface area contributed by atoms with Crippen LogP contribution in [0.15, 0.2) is 24.3 Å². The standard InChI is InChI=1S/C24H35N5O4/c1-8-32-13-18-26-19-20(29(18)14-23(2,3)31)16-11-9-10-12-17(16)25-21(19)27-22(30)24(4,5)33-15-28(6)7/h9-12,31H,8,13-15H2,1-7H3,(H,25,27,30). The summed E-state index contributed by atoms with van der Waals surface area (Å²) in [6.07, 6.45) is 0. The fourth-order valence-corrected chi connectivity index (χ4v) is 3.44. The number of hydrogen-bond donors (Lipinski definition) is 2. The summed E-state index contributed by atoms with van der Waals surface area (Å²) in [5.74, 6) is 0.685. The Balaban J connectivity index is 2.16. The van der Waals surface area contributed by atoms with Crippen LogP contribution >= 0.6 is 0 Å². The number of fused-ring (bicyclic) bond motifs is 3. The second-order valence-corrected chi connectivity index (χ2v) is 9.56. The largest absolute Gasteiger partial charge is 0.389 e. The molecule has 2 aromatic heterocycles. The maximum atomic E-state index is 13.1. The maximum Gasteiger partial charge on any atom is 0.257 e. The van der Waals surface area contributed by atoms with Crippen molar-refractivity contribution >= 4 is 33.7 Å². The van der Waals surface area contributed by atoms with E-state index in [0.29, 0.717) is 42.6 Å². The van der Waals surface area contributed by atoms with Gasteiger partial charge in [0.2, 0.25) is 0 Å². The molecule has 2 N–H and O–H groups in total. The molecule has 0 spiro atoms. The van der Waals surface area contributed by atoms with E-state index >= 15 is 0 Å². The van der Waals surface area contributed by atoms with Crippen molar-refractivity contribution in [3.8, 4) is 0 Å². The minimum atomic E-state index is -1.08. The van der Waals surface area contributed by atoms with Gasteiger partial charge in [-0.05, 0) is 54.8 Å². The zero-order valence-corrected chi connectivity index (χ0v) is 20.6. The van der Waals surface area contributed by atoms with Crippen LogP contribution in [0.3, 0.4) is 0 Å². The number of carbonyl (C=O) groups is 1. The predicted molar refractivity (Wildman–Crippen MR) is 129 cm³/mol. The second kappa shape index (κ2) is 9.72. The van der Waals surface area contributed by atoms with E-state index in [9.17, 15) is 9.90 Å². The Labute approximate surface area is 194 Å². The van der Waals surface area contributed by atoms with Crippen LogP contribution in [-0.4, -0.2) is 69.1 Å². The van der Waals surface area contributed by atoms with Crippen molar-refractivity contribution in [2.75, 3.05) is 32.7 Å². The Bertz CT molecular complexity index is 1130. The highest BCUT2D eigenvalue weighted by Crippen LogP contribution is 2.32. The normalized spacial score (nSPS) is 12.8. The summed E-state index contributed by atoms with van der Waals surface area (Å²) < 4.78 is 13.4. The molecule has 0 aliphatic rings. The third-order valence-corrected chi connectivity index (χ3v) is 5.11. The molecule has 180 valence electrons. The van der Waals surface area contributed by atoms with E-state index in [1.807, 2.05) is 54.8 Å².